The van der Waals surface area contributed by atoms with Crippen LogP contribution in [0.4, 0.5) is 20.6 Å². The second-order valence-electron chi connectivity index (χ2n) is 11.2. The van der Waals surface area contributed by atoms with Crippen molar-refractivity contribution >= 4 is 29.3 Å². The average Bonchev–Trinajstić information content (AvgIpc) is 3.31. The molecule has 4 heterocycles. The number of anilines is 2. The van der Waals surface area contributed by atoms with Gasteiger partial charge >= 0.3 is 6.03 Å². The summed E-state index contributed by atoms with van der Waals surface area (Å²) in [5.74, 6) is 0.659. The average molecular weight is 488 g/mol. The summed E-state index contributed by atoms with van der Waals surface area (Å²) in [4.78, 5) is 24.3. The number of rotatable bonds is 1. The van der Waals surface area contributed by atoms with Crippen molar-refractivity contribution in [3.8, 4) is 0 Å². The predicted molar refractivity (Wildman–Crippen MR) is 137 cm³/mol. The number of urea groups is 1. The Morgan fingerprint density at radius 2 is 2.08 bits per heavy atom. The molecule has 0 bridgehead atoms. The maximum atomic E-state index is 13.9. The number of fused-ring (bicyclic) bond motifs is 5. The minimum Gasteiger partial charge on any atom is -0.391 e. The molecule has 2 aromatic carbocycles. The Balaban J connectivity index is 1.25. The largest absolute Gasteiger partial charge is 0.391 e. The maximum absolute atomic E-state index is 13.9. The number of halogens is 1. The van der Waals surface area contributed by atoms with E-state index in [0.29, 0.717) is 19.7 Å². The summed E-state index contributed by atoms with van der Waals surface area (Å²) in [6.07, 6.45) is 6.50. The number of piperidine rings is 1. The first kappa shape index (κ1) is 21.7. The van der Waals surface area contributed by atoms with Gasteiger partial charge in [-0.05, 0) is 78.1 Å². The summed E-state index contributed by atoms with van der Waals surface area (Å²) in [6.45, 7) is 2.76. The van der Waals surface area contributed by atoms with Gasteiger partial charge in [0.15, 0.2) is 5.84 Å². The molecule has 1 atom stereocenters. The van der Waals surface area contributed by atoms with Crippen molar-refractivity contribution in [2.24, 2.45) is 10.6 Å². The number of oxime groups is 1. The number of amidine groups is 1. The van der Waals surface area contributed by atoms with E-state index in [-0.39, 0.29) is 22.8 Å². The molecule has 2 aromatic rings. The van der Waals surface area contributed by atoms with Crippen molar-refractivity contribution in [3.63, 3.8) is 0 Å². The zero-order chi connectivity index (χ0) is 24.7. The molecule has 7 rings (SSSR count). The molecule has 0 radical (unpaired) electrons. The molecule has 186 valence electrons. The van der Waals surface area contributed by atoms with Crippen LogP contribution in [-0.2, 0) is 16.8 Å². The molecular formula is C28H30FN5O2. The Kier molecular flexibility index (Phi) is 4.51. The second kappa shape index (κ2) is 7.48. The van der Waals surface area contributed by atoms with Gasteiger partial charge in [-0.2, -0.15) is 0 Å². The summed E-state index contributed by atoms with van der Waals surface area (Å²) in [7, 11) is 3.58. The lowest BCUT2D eigenvalue weighted by molar-refractivity contribution is -0.00612. The quantitative estimate of drug-likeness (QED) is 0.648. The zero-order valence-corrected chi connectivity index (χ0v) is 20.7. The fourth-order valence-corrected chi connectivity index (χ4v) is 6.42. The van der Waals surface area contributed by atoms with Gasteiger partial charge in [0.25, 0.3) is 0 Å². The molecule has 1 unspecified atom stereocenters. The first-order valence-electron chi connectivity index (χ1n) is 12.7. The predicted octanol–water partition coefficient (Wildman–Crippen LogP) is 4.40. The number of benzene rings is 2. The van der Waals surface area contributed by atoms with Gasteiger partial charge in [0.1, 0.15) is 18.0 Å². The Morgan fingerprint density at radius 3 is 2.89 bits per heavy atom. The van der Waals surface area contributed by atoms with Gasteiger partial charge in [-0.15, -0.1) is 0 Å². The molecule has 4 aliphatic heterocycles. The first-order valence-corrected chi connectivity index (χ1v) is 12.7. The van der Waals surface area contributed by atoms with Crippen LogP contribution in [0.3, 0.4) is 0 Å². The van der Waals surface area contributed by atoms with Gasteiger partial charge in [0, 0.05) is 50.7 Å². The second-order valence-corrected chi connectivity index (χ2v) is 11.2. The third-order valence-electron chi connectivity index (χ3n) is 8.54. The molecule has 1 saturated heterocycles. The van der Waals surface area contributed by atoms with Crippen molar-refractivity contribution < 1.29 is 14.0 Å². The molecule has 2 spiro atoms. The number of hydrogen-bond acceptors (Lipinski definition) is 5. The van der Waals surface area contributed by atoms with Gasteiger partial charge in [-0.25, -0.2) is 9.18 Å². The van der Waals surface area contributed by atoms with Crippen molar-refractivity contribution in [1.82, 2.24) is 9.80 Å². The lowest BCUT2D eigenvalue weighted by atomic mass is 9.82. The van der Waals surface area contributed by atoms with Crippen LogP contribution >= 0.6 is 0 Å². The molecule has 36 heavy (non-hydrogen) atoms. The van der Waals surface area contributed by atoms with Crippen LogP contribution in [0.25, 0.3) is 6.08 Å². The SMILES string of the molecule is CN(C)C(=O)N1CCc2cc(C=C3CC4(CC4)CN4C3=NOCC43CNc4cc(F)ccc43)ccc21. The van der Waals surface area contributed by atoms with E-state index in [1.54, 1.807) is 31.1 Å². The molecule has 2 amide bonds. The highest BCUT2D eigenvalue weighted by molar-refractivity contribution is 6.04. The number of carbonyl (C=O) groups is 1. The highest BCUT2D eigenvalue weighted by Gasteiger charge is 2.57. The molecular weight excluding hydrogens is 457 g/mol. The Bertz CT molecular complexity index is 1350. The van der Waals surface area contributed by atoms with E-state index in [0.717, 1.165) is 47.7 Å². The van der Waals surface area contributed by atoms with E-state index >= 15 is 0 Å². The van der Waals surface area contributed by atoms with Crippen LogP contribution in [0.2, 0.25) is 0 Å². The lowest BCUT2D eigenvalue weighted by Crippen LogP contribution is -2.60. The van der Waals surface area contributed by atoms with Gasteiger partial charge in [0.05, 0.1) is 0 Å². The topological polar surface area (TPSA) is 60.4 Å². The molecule has 1 N–H and O–H groups in total. The van der Waals surface area contributed by atoms with Crippen LogP contribution in [0.5, 0.6) is 0 Å². The molecule has 7 nitrogen and oxygen atoms in total. The smallest absolute Gasteiger partial charge is 0.323 e. The van der Waals surface area contributed by atoms with Crippen molar-refractivity contribution in [1.29, 1.82) is 0 Å². The minimum absolute atomic E-state index is 0.0165. The van der Waals surface area contributed by atoms with Gasteiger partial charge in [-0.3, -0.25) is 4.90 Å². The van der Waals surface area contributed by atoms with Crippen molar-refractivity contribution in [2.75, 3.05) is 50.6 Å². The summed E-state index contributed by atoms with van der Waals surface area (Å²) in [6, 6.07) is 11.4. The maximum Gasteiger partial charge on any atom is 0.323 e. The van der Waals surface area contributed by atoms with Crippen LogP contribution in [0.15, 0.2) is 47.1 Å². The highest BCUT2D eigenvalue weighted by atomic mass is 19.1. The van der Waals surface area contributed by atoms with E-state index in [4.69, 9.17) is 4.84 Å². The van der Waals surface area contributed by atoms with Crippen LogP contribution < -0.4 is 10.2 Å². The van der Waals surface area contributed by atoms with Gasteiger partial charge < -0.3 is 20.0 Å². The molecule has 1 saturated carbocycles. The Labute approximate surface area is 210 Å². The van der Waals surface area contributed by atoms with Gasteiger partial charge in [-0.1, -0.05) is 17.3 Å². The molecule has 2 fully saturated rings. The highest BCUT2D eigenvalue weighted by Crippen LogP contribution is 2.57. The summed E-state index contributed by atoms with van der Waals surface area (Å²) >= 11 is 0. The number of amides is 2. The third-order valence-corrected chi connectivity index (χ3v) is 8.54. The third kappa shape index (κ3) is 3.16. The van der Waals surface area contributed by atoms with E-state index in [1.807, 2.05) is 11.0 Å². The number of nitrogens with zero attached hydrogens (tertiary/aromatic N) is 4. The molecule has 8 heteroatoms. The van der Waals surface area contributed by atoms with Crippen LogP contribution in [-0.4, -0.2) is 62.0 Å². The fraction of sp³-hybridized carbons (Fsp3) is 0.429. The fourth-order valence-electron chi connectivity index (χ4n) is 6.42. The Hall–Kier alpha value is -3.55. The first-order chi connectivity index (χ1) is 17.4. The van der Waals surface area contributed by atoms with E-state index in [9.17, 15) is 9.18 Å². The van der Waals surface area contributed by atoms with E-state index < -0.39 is 0 Å². The number of hydrogen-bond donors (Lipinski definition) is 1. The molecule has 1 aliphatic carbocycles. The van der Waals surface area contributed by atoms with Crippen LogP contribution in [0.1, 0.15) is 36.0 Å². The van der Waals surface area contributed by atoms with E-state index in [1.165, 1.54) is 24.0 Å². The van der Waals surface area contributed by atoms with Crippen LogP contribution in [0, 0.1) is 11.2 Å². The number of carbonyl (C=O) groups excluding carboxylic acids is 1. The normalized spacial score (nSPS) is 25.8. The van der Waals surface area contributed by atoms with Gasteiger partial charge in [0.2, 0.25) is 0 Å². The van der Waals surface area contributed by atoms with Crippen molar-refractivity contribution in [3.05, 3.63) is 64.5 Å². The monoisotopic (exact) mass is 487 g/mol. The lowest BCUT2D eigenvalue weighted by Gasteiger charge is -2.49. The summed E-state index contributed by atoms with van der Waals surface area (Å²) < 4.78 is 13.9. The zero-order valence-electron chi connectivity index (χ0n) is 20.7. The van der Waals surface area contributed by atoms with Crippen molar-refractivity contribution in [2.45, 2.75) is 31.2 Å². The van der Waals surface area contributed by atoms with E-state index in [2.05, 4.69) is 39.6 Å². The minimum atomic E-state index is -0.389. The summed E-state index contributed by atoms with van der Waals surface area (Å²) in [5.41, 5.74) is 6.31. The number of nitrogens with one attached hydrogen (secondary N) is 1. The molecule has 5 aliphatic rings. The molecule has 0 aromatic heterocycles. The standard InChI is InChI=1S/C28H30FN5O2/c1-32(2)26(35)33-10-7-19-11-18(3-6-24(19)33)12-20-14-27(8-9-27)16-34-25(20)31-36-17-28(34)15-30-23-13-21(29)4-5-22(23)28/h3-6,11-13,30H,7-10,14-17H2,1-2H3. The Morgan fingerprint density at radius 1 is 1.22 bits per heavy atom. The summed E-state index contributed by atoms with van der Waals surface area (Å²) in [5, 5.41) is 8.00.